The van der Waals surface area contributed by atoms with Crippen molar-refractivity contribution < 1.29 is 9.53 Å². The number of nitrogens with one attached hydrogen (secondary N) is 1. The van der Waals surface area contributed by atoms with E-state index in [0.717, 1.165) is 35.8 Å². The van der Waals surface area contributed by atoms with Crippen LogP contribution >= 0.6 is 12.4 Å². The van der Waals surface area contributed by atoms with Crippen molar-refractivity contribution in [2.75, 3.05) is 13.2 Å². The number of rotatable bonds is 5. The molecule has 2 aromatic carbocycles. The molecule has 1 aliphatic carbocycles. The van der Waals surface area contributed by atoms with E-state index in [1.807, 2.05) is 36.4 Å². The summed E-state index contributed by atoms with van der Waals surface area (Å²) in [5.41, 5.74) is 5.74. The Morgan fingerprint density at radius 2 is 1.96 bits per heavy atom. The molecule has 23 heavy (non-hydrogen) atoms. The maximum atomic E-state index is 12.0. The van der Waals surface area contributed by atoms with Crippen LogP contribution in [-0.2, 0) is 4.79 Å². The molecule has 2 unspecified atom stereocenters. The normalized spacial score (nSPS) is 20.0. The predicted octanol–water partition coefficient (Wildman–Crippen LogP) is 2.88. The largest absolute Gasteiger partial charge is 0.484 e. The van der Waals surface area contributed by atoms with Crippen LogP contribution in [0.15, 0.2) is 42.5 Å². The van der Waals surface area contributed by atoms with E-state index in [-0.39, 0.29) is 31.0 Å². The molecule has 0 aromatic heterocycles. The molecule has 1 aliphatic rings. The molecule has 2 aromatic rings. The van der Waals surface area contributed by atoms with Crippen LogP contribution in [0.2, 0.25) is 0 Å². The van der Waals surface area contributed by atoms with E-state index in [9.17, 15) is 4.79 Å². The van der Waals surface area contributed by atoms with Crippen LogP contribution in [-0.4, -0.2) is 25.1 Å². The third-order valence-corrected chi connectivity index (χ3v) is 4.40. The molecule has 0 radical (unpaired) electrons. The Kier molecular flexibility index (Phi) is 6.25. The van der Waals surface area contributed by atoms with Gasteiger partial charge < -0.3 is 15.8 Å². The summed E-state index contributed by atoms with van der Waals surface area (Å²) in [4.78, 5) is 12.0. The van der Waals surface area contributed by atoms with Gasteiger partial charge in [-0.25, -0.2) is 0 Å². The highest BCUT2D eigenvalue weighted by Crippen LogP contribution is 2.24. The maximum absolute atomic E-state index is 12.0. The molecule has 2 atom stereocenters. The van der Waals surface area contributed by atoms with Gasteiger partial charge in [0.25, 0.3) is 5.91 Å². The molecular formula is C18H23ClN2O2. The van der Waals surface area contributed by atoms with Crippen molar-refractivity contribution in [2.45, 2.75) is 25.3 Å². The van der Waals surface area contributed by atoms with Crippen molar-refractivity contribution in [3.8, 4) is 5.75 Å². The summed E-state index contributed by atoms with van der Waals surface area (Å²) in [6.45, 7) is 0.683. The fourth-order valence-electron chi connectivity index (χ4n) is 3.16. The molecule has 1 amide bonds. The van der Waals surface area contributed by atoms with E-state index in [4.69, 9.17) is 10.5 Å². The van der Waals surface area contributed by atoms with Crippen LogP contribution in [0.5, 0.6) is 5.75 Å². The lowest BCUT2D eigenvalue weighted by molar-refractivity contribution is -0.124. The van der Waals surface area contributed by atoms with E-state index in [0.29, 0.717) is 12.5 Å². The minimum atomic E-state index is -0.0708. The molecule has 0 spiro atoms. The van der Waals surface area contributed by atoms with Gasteiger partial charge >= 0.3 is 0 Å². The average Bonchev–Trinajstić information content (AvgIpc) is 3.00. The van der Waals surface area contributed by atoms with Gasteiger partial charge in [-0.2, -0.15) is 0 Å². The van der Waals surface area contributed by atoms with Gasteiger partial charge in [-0.3, -0.25) is 4.79 Å². The molecule has 1 fully saturated rings. The minimum Gasteiger partial charge on any atom is -0.484 e. The number of benzene rings is 2. The Labute approximate surface area is 142 Å². The van der Waals surface area contributed by atoms with E-state index in [1.165, 1.54) is 0 Å². The van der Waals surface area contributed by atoms with Crippen LogP contribution in [0.4, 0.5) is 0 Å². The summed E-state index contributed by atoms with van der Waals surface area (Å²) in [5, 5.41) is 5.32. The zero-order chi connectivity index (χ0) is 15.4. The number of carbonyl (C=O) groups excluding carboxylic acids is 1. The van der Waals surface area contributed by atoms with E-state index < -0.39 is 0 Å². The Bertz CT molecular complexity index is 662. The number of amides is 1. The van der Waals surface area contributed by atoms with E-state index >= 15 is 0 Å². The van der Waals surface area contributed by atoms with Gasteiger partial charge in [0.2, 0.25) is 0 Å². The highest BCUT2D eigenvalue weighted by molar-refractivity contribution is 5.85. The lowest BCUT2D eigenvalue weighted by Gasteiger charge is -2.19. The van der Waals surface area contributed by atoms with Gasteiger partial charge in [0.15, 0.2) is 6.61 Å². The van der Waals surface area contributed by atoms with Crippen LogP contribution in [0.25, 0.3) is 10.8 Å². The van der Waals surface area contributed by atoms with Crippen molar-refractivity contribution in [3.05, 3.63) is 42.5 Å². The van der Waals surface area contributed by atoms with Crippen molar-refractivity contribution in [1.29, 1.82) is 0 Å². The van der Waals surface area contributed by atoms with Crippen molar-refractivity contribution in [2.24, 2.45) is 11.7 Å². The van der Waals surface area contributed by atoms with Crippen molar-refractivity contribution in [3.63, 3.8) is 0 Å². The third-order valence-electron chi connectivity index (χ3n) is 4.40. The average molecular weight is 335 g/mol. The quantitative estimate of drug-likeness (QED) is 0.883. The molecular weight excluding hydrogens is 312 g/mol. The minimum absolute atomic E-state index is 0. The predicted molar refractivity (Wildman–Crippen MR) is 95.0 cm³/mol. The Morgan fingerprint density at radius 3 is 2.74 bits per heavy atom. The maximum Gasteiger partial charge on any atom is 0.258 e. The van der Waals surface area contributed by atoms with Crippen LogP contribution in [0.3, 0.4) is 0 Å². The topological polar surface area (TPSA) is 64.3 Å². The third kappa shape index (κ3) is 4.36. The number of carbonyl (C=O) groups is 1. The Balaban J connectivity index is 0.00000192. The van der Waals surface area contributed by atoms with E-state index in [1.54, 1.807) is 0 Å². The second-order valence-electron chi connectivity index (χ2n) is 5.90. The molecule has 0 saturated heterocycles. The second kappa shape index (κ2) is 8.18. The van der Waals surface area contributed by atoms with Gasteiger partial charge in [-0.15, -0.1) is 12.4 Å². The summed E-state index contributed by atoms with van der Waals surface area (Å²) in [6.07, 6.45) is 3.26. The summed E-state index contributed by atoms with van der Waals surface area (Å²) < 4.78 is 5.61. The molecule has 0 heterocycles. The summed E-state index contributed by atoms with van der Waals surface area (Å²) in [5.74, 6) is 1.05. The molecule has 0 aliphatic heterocycles. The summed E-state index contributed by atoms with van der Waals surface area (Å²) in [7, 11) is 0. The molecule has 1 saturated carbocycles. The van der Waals surface area contributed by atoms with Crippen LogP contribution in [0.1, 0.15) is 19.3 Å². The number of hydrogen-bond acceptors (Lipinski definition) is 3. The summed E-state index contributed by atoms with van der Waals surface area (Å²) in [6, 6.07) is 14.2. The molecule has 0 bridgehead atoms. The van der Waals surface area contributed by atoms with Gasteiger partial charge in [0.1, 0.15) is 5.75 Å². The summed E-state index contributed by atoms with van der Waals surface area (Å²) >= 11 is 0. The smallest absolute Gasteiger partial charge is 0.258 e. The SMILES string of the molecule is Cl.NCC1CCCC1NC(=O)COc1ccc2ccccc2c1. The Morgan fingerprint density at radius 1 is 1.17 bits per heavy atom. The molecule has 5 heteroatoms. The van der Waals surface area contributed by atoms with Crippen molar-refractivity contribution in [1.82, 2.24) is 5.32 Å². The number of hydrogen-bond donors (Lipinski definition) is 2. The van der Waals surface area contributed by atoms with Crippen molar-refractivity contribution >= 4 is 29.1 Å². The van der Waals surface area contributed by atoms with Gasteiger partial charge in [-0.1, -0.05) is 36.8 Å². The lowest BCUT2D eigenvalue weighted by Crippen LogP contribution is -2.42. The number of halogens is 1. The highest BCUT2D eigenvalue weighted by Gasteiger charge is 2.27. The van der Waals surface area contributed by atoms with E-state index in [2.05, 4.69) is 11.4 Å². The second-order valence-corrected chi connectivity index (χ2v) is 5.90. The number of nitrogens with two attached hydrogens (primary N) is 1. The molecule has 4 nitrogen and oxygen atoms in total. The fourth-order valence-corrected chi connectivity index (χ4v) is 3.16. The molecule has 3 N–H and O–H groups in total. The first-order valence-electron chi connectivity index (χ1n) is 7.87. The zero-order valence-corrected chi connectivity index (χ0v) is 13.9. The first-order chi connectivity index (χ1) is 10.8. The van der Waals surface area contributed by atoms with Crippen LogP contribution in [0, 0.1) is 5.92 Å². The molecule has 3 rings (SSSR count). The van der Waals surface area contributed by atoms with Gasteiger partial charge in [-0.05, 0) is 48.2 Å². The monoisotopic (exact) mass is 334 g/mol. The first-order valence-corrected chi connectivity index (χ1v) is 7.87. The standard InChI is InChI=1S/C18H22N2O2.ClH/c19-11-15-6-3-7-17(15)20-18(21)12-22-16-9-8-13-4-1-2-5-14(13)10-16;/h1-2,4-5,8-10,15,17H,3,6-7,11-12,19H2,(H,20,21);1H. The first kappa shape index (κ1) is 17.6. The highest BCUT2D eigenvalue weighted by atomic mass is 35.5. The lowest BCUT2D eigenvalue weighted by atomic mass is 10.0. The zero-order valence-electron chi connectivity index (χ0n) is 13.0. The van der Waals surface area contributed by atoms with Gasteiger partial charge in [0, 0.05) is 6.04 Å². The van der Waals surface area contributed by atoms with Gasteiger partial charge in [0.05, 0.1) is 0 Å². The Hall–Kier alpha value is -1.78. The molecule has 124 valence electrons. The van der Waals surface area contributed by atoms with Crippen LogP contribution < -0.4 is 15.8 Å². The number of fused-ring (bicyclic) bond motifs is 1. The fraction of sp³-hybridized carbons (Fsp3) is 0.389. The number of ether oxygens (including phenoxy) is 1.